The number of carboxylic acid groups (broad SMARTS) is 1. The molecule has 1 aromatic rings. The number of hydrogen-bond donors (Lipinski definition) is 2. The van der Waals surface area contributed by atoms with E-state index in [9.17, 15) is 13.2 Å². The lowest BCUT2D eigenvalue weighted by atomic mass is 10.1. The highest BCUT2D eigenvalue weighted by molar-refractivity contribution is 7.89. The molecule has 0 amide bonds. The lowest BCUT2D eigenvalue weighted by Crippen LogP contribution is -2.30. The zero-order chi connectivity index (χ0) is 15.3. The van der Waals surface area contributed by atoms with Crippen molar-refractivity contribution >= 4 is 16.0 Å². The van der Waals surface area contributed by atoms with E-state index in [1.54, 1.807) is 13.0 Å². The van der Waals surface area contributed by atoms with Gasteiger partial charge in [-0.3, -0.25) is 4.79 Å². The van der Waals surface area contributed by atoms with E-state index in [1.807, 2.05) is 19.1 Å². The Kier molecular flexibility index (Phi) is 5.52. The van der Waals surface area contributed by atoms with Crippen LogP contribution in [0.1, 0.15) is 30.5 Å². The first-order valence-corrected chi connectivity index (χ1v) is 7.76. The number of carbonyl (C=O) groups is 1. The minimum Gasteiger partial charge on any atom is -0.496 e. The molecule has 0 aromatic heterocycles. The second-order valence-corrected chi connectivity index (χ2v) is 6.42. The maximum absolute atomic E-state index is 11.8. The minimum atomic E-state index is -3.65. The fraction of sp³-hybridized carbons (Fsp3) is 0.462. The van der Waals surface area contributed by atoms with Crippen molar-refractivity contribution in [3.05, 3.63) is 29.3 Å². The van der Waals surface area contributed by atoms with Crippen LogP contribution in [0.2, 0.25) is 0 Å². The van der Waals surface area contributed by atoms with Crippen molar-refractivity contribution in [2.45, 2.75) is 26.3 Å². The number of nitrogens with one attached hydrogen (secondary N) is 1. The molecule has 0 spiro atoms. The average Bonchev–Trinajstić information content (AvgIpc) is 2.36. The molecular formula is C13H19NO5S. The maximum Gasteiger partial charge on any atom is 0.304 e. The zero-order valence-corrected chi connectivity index (χ0v) is 12.5. The number of rotatable bonds is 7. The Morgan fingerprint density at radius 1 is 1.45 bits per heavy atom. The van der Waals surface area contributed by atoms with Gasteiger partial charge in [-0.05, 0) is 19.9 Å². The summed E-state index contributed by atoms with van der Waals surface area (Å²) in [6, 6.07) is 4.98. The standard InChI is InChI=1S/C13H19NO5S/c1-9-4-5-12(19-3)11(8-9)10(2)14-20(17,18)7-6-13(15)16/h4-5,8,10,14H,6-7H2,1-3H3,(H,15,16). The van der Waals surface area contributed by atoms with Crippen LogP contribution in [0.3, 0.4) is 0 Å². The Morgan fingerprint density at radius 2 is 2.10 bits per heavy atom. The van der Waals surface area contributed by atoms with Crippen molar-refractivity contribution < 1.29 is 23.1 Å². The lowest BCUT2D eigenvalue weighted by Gasteiger charge is -2.17. The Morgan fingerprint density at radius 3 is 2.65 bits per heavy atom. The van der Waals surface area contributed by atoms with Crippen molar-refractivity contribution in [2.75, 3.05) is 12.9 Å². The summed E-state index contributed by atoms with van der Waals surface area (Å²) in [5, 5.41) is 8.53. The summed E-state index contributed by atoms with van der Waals surface area (Å²) in [5.41, 5.74) is 1.70. The van der Waals surface area contributed by atoms with Crippen LogP contribution in [-0.2, 0) is 14.8 Å². The van der Waals surface area contributed by atoms with Crippen molar-refractivity contribution in [3.8, 4) is 5.75 Å². The Bertz CT molecular complexity index is 582. The van der Waals surface area contributed by atoms with Crippen LogP contribution in [-0.4, -0.2) is 32.4 Å². The summed E-state index contributed by atoms with van der Waals surface area (Å²) in [6.45, 7) is 3.59. The van der Waals surface area contributed by atoms with Gasteiger partial charge in [0, 0.05) is 11.6 Å². The number of ether oxygens (including phenoxy) is 1. The number of benzene rings is 1. The van der Waals surface area contributed by atoms with Gasteiger partial charge >= 0.3 is 5.97 Å². The van der Waals surface area contributed by atoms with E-state index >= 15 is 0 Å². The maximum atomic E-state index is 11.8. The van der Waals surface area contributed by atoms with E-state index in [-0.39, 0.29) is 0 Å². The van der Waals surface area contributed by atoms with Gasteiger partial charge in [-0.25, -0.2) is 13.1 Å². The molecule has 1 rings (SSSR count). The first-order valence-electron chi connectivity index (χ1n) is 6.11. The third-order valence-corrected chi connectivity index (χ3v) is 4.25. The summed E-state index contributed by atoms with van der Waals surface area (Å²) in [5.74, 6) is -0.999. The van der Waals surface area contributed by atoms with Crippen molar-refractivity contribution in [1.82, 2.24) is 4.72 Å². The highest BCUT2D eigenvalue weighted by atomic mass is 32.2. The molecule has 0 saturated carbocycles. The van der Waals surface area contributed by atoms with Crippen molar-refractivity contribution in [2.24, 2.45) is 0 Å². The molecular weight excluding hydrogens is 282 g/mol. The van der Waals surface area contributed by atoms with E-state index in [0.29, 0.717) is 11.3 Å². The van der Waals surface area contributed by atoms with Gasteiger partial charge in [0.15, 0.2) is 0 Å². The van der Waals surface area contributed by atoms with Crippen molar-refractivity contribution in [3.63, 3.8) is 0 Å². The van der Waals surface area contributed by atoms with Gasteiger partial charge in [0.2, 0.25) is 10.0 Å². The molecule has 0 aliphatic carbocycles. The monoisotopic (exact) mass is 301 g/mol. The summed E-state index contributed by atoms with van der Waals surface area (Å²) in [4.78, 5) is 10.4. The van der Waals surface area contributed by atoms with Gasteiger partial charge in [-0.2, -0.15) is 0 Å². The third-order valence-electron chi connectivity index (χ3n) is 2.79. The normalized spacial score (nSPS) is 12.9. The Balaban J connectivity index is 2.88. The van der Waals surface area contributed by atoms with Gasteiger partial charge in [0.25, 0.3) is 0 Å². The molecule has 20 heavy (non-hydrogen) atoms. The zero-order valence-electron chi connectivity index (χ0n) is 11.7. The third kappa shape index (κ3) is 4.82. The SMILES string of the molecule is COc1ccc(C)cc1C(C)NS(=O)(=O)CCC(=O)O. The molecule has 112 valence electrons. The molecule has 0 saturated heterocycles. The van der Waals surface area contributed by atoms with Crippen LogP contribution in [0.4, 0.5) is 0 Å². The average molecular weight is 301 g/mol. The van der Waals surface area contributed by atoms with Crippen LogP contribution < -0.4 is 9.46 Å². The minimum absolute atomic E-state index is 0.424. The van der Waals surface area contributed by atoms with Crippen LogP contribution >= 0.6 is 0 Å². The number of aliphatic carboxylic acids is 1. The molecule has 7 heteroatoms. The molecule has 0 heterocycles. The van der Waals surface area contributed by atoms with E-state index in [0.717, 1.165) is 5.56 Å². The highest BCUT2D eigenvalue weighted by Crippen LogP contribution is 2.26. The highest BCUT2D eigenvalue weighted by Gasteiger charge is 2.19. The molecule has 1 unspecified atom stereocenters. The number of carboxylic acids is 1. The molecule has 1 atom stereocenters. The predicted octanol–water partition coefficient (Wildman–Crippen LogP) is 1.46. The largest absolute Gasteiger partial charge is 0.496 e. The van der Waals surface area contributed by atoms with Crippen LogP contribution in [0.25, 0.3) is 0 Å². The number of hydrogen-bond acceptors (Lipinski definition) is 4. The number of sulfonamides is 1. The van der Waals surface area contributed by atoms with Crippen LogP contribution in [0.5, 0.6) is 5.75 Å². The molecule has 0 bridgehead atoms. The van der Waals surface area contributed by atoms with E-state index in [1.165, 1.54) is 7.11 Å². The smallest absolute Gasteiger partial charge is 0.304 e. The van der Waals surface area contributed by atoms with Gasteiger partial charge in [-0.1, -0.05) is 17.7 Å². The fourth-order valence-corrected chi connectivity index (χ4v) is 3.03. The van der Waals surface area contributed by atoms with E-state index < -0.39 is 34.2 Å². The topological polar surface area (TPSA) is 92.7 Å². The Hall–Kier alpha value is -1.60. The van der Waals surface area contributed by atoms with E-state index in [2.05, 4.69) is 4.72 Å². The van der Waals surface area contributed by atoms with Gasteiger partial charge in [0.1, 0.15) is 5.75 Å². The van der Waals surface area contributed by atoms with Gasteiger partial charge in [-0.15, -0.1) is 0 Å². The van der Waals surface area contributed by atoms with Crippen LogP contribution in [0, 0.1) is 6.92 Å². The van der Waals surface area contributed by atoms with Gasteiger partial charge in [0.05, 0.1) is 19.3 Å². The van der Waals surface area contributed by atoms with E-state index in [4.69, 9.17) is 9.84 Å². The second-order valence-electron chi connectivity index (χ2n) is 4.55. The summed E-state index contributed by atoms with van der Waals surface area (Å²) < 4.78 is 31.2. The fourth-order valence-electron chi connectivity index (χ4n) is 1.81. The summed E-state index contributed by atoms with van der Waals surface area (Å²) in [6.07, 6.45) is -0.424. The van der Waals surface area contributed by atoms with Gasteiger partial charge < -0.3 is 9.84 Å². The predicted molar refractivity (Wildman–Crippen MR) is 75.3 cm³/mol. The molecule has 0 aliphatic rings. The molecule has 0 aliphatic heterocycles. The summed E-state index contributed by atoms with van der Waals surface area (Å²) >= 11 is 0. The molecule has 1 aromatic carbocycles. The quantitative estimate of drug-likeness (QED) is 0.795. The van der Waals surface area contributed by atoms with Crippen LogP contribution in [0.15, 0.2) is 18.2 Å². The molecule has 6 nitrogen and oxygen atoms in total. The second kappa shape index (κ2) is 6.71. The lowest BCUT2D eigenvalue weighted by molar-refractivity contribution is -0.136. The summed E-state index contributed by atoms with van der Waals surface area (Å²) in [7, 11) is -2.13. The molecule has 2 N–H and O–H groups in total. The number of aryl methyl sites for hydroxylation is 1. The Labute approximate surface area is 118 Å². The van der Waals surface area contributed by atoms with Crippen molar-refractivity contribution in [1.29, 1.82) is 0 Å². The first-order chi connectivity index (χ1) is 9.25. The first kappa shape index (κ1) is 16.5. The molecule has 0 fully saturated rings. The molecule has 0 radical (unpaired) electrons. The number of methoxy groups -OCH3 is 1.